The van der Waals surface area contributed by atoms with Gasteiger partial charge in [-0.2, -0.15) is 0 Å². The van der Waals surface area contributed by atoms with Crippen molar-refractivity contribution in [3.05, 3.63) is 35.9 Å². The predicted molar refractivity (Wildman–Crippen MR) is 119 cm³/mol. The van der Waals surface area contributed by atoms with Crippen LogP contribution in [0.1, 0.15) is 31.2 Å². The number of carbonyl (C=O) groups is 5. The Morgan fingerprint density at radius 1 is 0.941 bits per heavy atom. The summed E-state index contributed by atoms with van der Waals surface area (Å²) < 4.78 is 0. The summed E-state index contributed by atoms with van der Waals surface area (Å²) in [5.41, 5.74) is 0.657. The second kappa shape index (κ2) is 13.3. The summed E-state index contributed by atoms with van der Waals surface area (Å²) in [7, 11) is 0. The van der Waals surface area contributed by atoms with Crippen LogP contribution in [0.25, 0.3) is 0 Å². The Kier molecular flexibility index (Phi) is 10.4. The van der Waals surface area contributed by atoms with Crippen LogP contribution in [0.2, 0.25) is 0 Å². The van der Waals surface area contributed by atoms with Crippen LogP contribution < -0.4 is 21.3 Å². The van der Waals surface area contributed by atoms with Gasteiger partial charge in [0.2, 0.25) is 17.7 Å². The number of hydrogen-bond acceptors (Lipinski definition) is 7. The van der Waals surface area contributed by atoms with Crippen molar-refractivity contribution >= 4 is 29.7 Å². The second-order valence-electron chi connectivity index (χ2n) is 7.98. The number of aliphatic hydroxyl groups is 1. The monoisotopic (exact) mass is 478 g/mol. The average molecular weight is 479 g/mol. The largest absolute Gasteiger partial charge is 0.481 e. The summed E-state index contributed by atoms with van der Waals surface area (Å²) in [6, 6.07) is 4.01. The van der Waals surface area contributed by atoms with Gasteiger partial charge in [0.05, 0.1) is 12.6 Å². The first-order valence-electron chi connectivity index (χ1n) is 10.9. The minimum atomic E-state index is -1.39. The van der Waals surface area contributed by atoms with Gasteiger partial charge in [0.25, 0.3) is 0 Å². The number of carboxylic acid groups (broad SMARTS) is 2. The second-order valence-corrected chi connectivity index (χ2v) is 7.98. The van der Waals surface area contributed by atoms with E-state index in [0.717, 1.165) is 6.42 Å². The molecule has 0 saturated carbocycles. The van der Waals surface area contributed by atoms with Gasteiger partial charge in [-0.15, -0.1) is 0 Å². The molecule has 1 aromatic rings. The zero-order valence-corrected chi connectivity index (χ0v) is 18.5. The van der Waals surface area contributed by atoms with Crippen LogP contribution in [-0.2, 0) is 30.4 Å². The highest BCUT2D eigenvalue weighted by Crippen LogP contribution is 2.07. The van der Waals surface area contributed by atoms with Crippen molar-refractivity contribution in [2.75, 3.05) is 13.2 Å². The standard InChI is InChI=1S/C22H30N4O8/c27-12-17(26-19(30)14-7-4-10-23-14)21(32)24-15(8-9-18(28)29)20(31)25-16(22(33)34)11-13-5-2-1-3-6-13/h1-3,5-6,14-17,23,27H,4,7-12H2,(H,24,32)(H,25,31)(H,26,30)(H,28,29)(H,33,34). The van der Waals surface area contributed by atoms with Gasteiger partial charge in [0.1, 0.15) is 18.1 Å². The van der Waals surface area contributed by atoms with Crippen LogP contribution in [0.5, 0.6) is 0 Å². The number of rotatable bonds is 13. The average Bonchev–Trinajstić information content (AvgIpc) is 3.35. The minimum Gasteiger partial charge on any atom is -0.481 e. The molecule has 186 valence electrons. The molecule has 4 atom stereocenters. The van der Waals surface area contributed by atoms with Crippen LogP contribution in [0, 0.1) is 0 Å². The van der Waals surface area contributed by atoms with Gasteiger partial charge in [-0.25, -0.2) is 4.79 Å². The van der Waals surface area contributed by atoms with Gasteiger partial charge in [0.15, 0.2) is 0 Å². The van der Waals surface area contributed by atoms with Crippen molar-refractivity contribution in [1.29, 1.82) is 0 Å². The summed E-state index contributed by atoms with van der Waals surface area (Å²) in [4.78, 5) is 60.4. The van der Waals surface area contributed by atoms with E-state index in [0.29, 0.717) is 18.5 Å². The molecule has 3 amide bonds. The molecule has 1 aliphatic rings. The van der Waals surface area contributed by atoms with Crippen molar-refractivity contribution in [2.24, 2.45) is 0 Å². The van der Waals surface area contributed by atoms with E-state index in [1.165, 1.54) is 0 Å². The zero-order chi connectivity index (χ0) is 25.1. The molecule has 0 bridgehead atoms. The molecule has 0 spiro atoms. The van der Waals surface area contributed by atoms with Gasteiger partial charge in [-0.1, -0.05) is 30.3 Å². The Morgan fingerprint density at radius 2 is 1.59 bits per heavy atom. The van der Waals surface area contributed by atoms with Gasteiger partial charge >= 0.3 is 11.9 Å². The highest BCUT2D eigenvalue weighted by molar-refractivity contribution is 5.94. The Hall–Kier alpha value is -3.51. The van der Waals surface area contributed by atoms with Crippen LogP contribution >= 0.6 is 0 Å². The summed E-state index contributed by atoms with van der Waals surface area (Å²) in [5.74, 6) is -4.78. The summed E-state index contributed by atoms with van der Waals surface area (Å²) in [5, 5.41) is 38.1. The summed E-state index contributed by atoms with van der Waals surface area (Å²) in [6.45, 7) is -0.0947. The number of benzene rings is 1. The highest BCUT2D eigenvalue weighted by Gasteiger charge is 2.31. The third-order valence-corrected chi connectivity index (χ3v) is 5.37. The molecular formula is C22H30N4O8. The van der Waals surface area contributed by atoms with Crippen molar-refractivity contribution in [1.82, 2.24) is 21.3 Å². The highest BCUT2D eigenvalue weighted by atomic mass is 16.4. The van der Waals surface area contributed by atoms with Crippen LogP contribution in [0.3, 0.4) is 0 Å². The summed E-state index contributed by atoms with van der Waals surface area (Å²) >= 11 is 0. The molecule has 7 N–H and O–H groups in total. The predicted octanol–water partition coefficient (Wildman–Crippen LogP) is -1.62. The molecule has 0 aromatic heterocycles. The van der Waals surface area contributed by atoms with Crippen molar-refractivity contribution in [3.63, 3.8) is 0 Å². The maximum atomic E-state index is 12.8. The van der Waals surface area contributed by atoms with E-state index in [-0.39, 0.29) is 12.8 Å². The molecule has 2 rings (SSSR count). The molecule has 4 unspecified atom stereocenters. The number of carbonyl (C=O) groups excluding carboxylic acids is 3. The molecule has 0 radical (unpaired) electrons. The smallest absolute Gasteiger partial charge is 0.326 e. The number of carboxylic acids is 2. The SMILES string of the molecule is O=C(O)CCC(NC(=O)C(CO)NC(=O)C1CCCN1)C(=O)NC(Cc1ccccc1)C(=O)O. The first-order chi connectivity index (χ1) is 16.2. The van der Waals surface area contributed by atoms with Gasteiger partial charge < -0.3 is 36.6 Å². The molecule has 0 aliphatic carbocycles. The van der Waals surface area contributed by atoms with E-state index in [9.17, 15) is 34.2 Å². The Morgan fingerprint density at radius 3 is 2.15 bits per heavy atom. The molecule has 1 heterocycles. The molecule has 12 nitrogen and oxygen atoms in total. The van der Waals surface area contributed by atoms with Gasteiger partial charge in [-0.05, 0) is 31.4 Å². The maximum Gasteiger partial charge on any atom is 0.326 e. The Balaban J connectivity index is 2.06. The number of aliphatic hydroxyl groups excluding tert-OH is 1. The fourth-order valence-electron chi connectivity index (χ4n) is 3.51. The Bertz CT molecular complexity index is 873. The van der Waals surface area contributed by atoms with Crippen LogP contribution in [0.4, 0.5) is 0 Å². The molecular weight excluding hydrogens is 448 g/mol. The van der Waals surface area contributed by atoms with E-state index in [1.807, 2.05) is 0 Å². The Labute approximate surface area is 196 Å². The minimum absolute atomic E-state index is 0.0226. The molecule has 1 aliphatic heterocycles. The lowest BCUT2D eigenvalue weighted by atomic mass is 10.0. The molecule has 1 fully saturated rings. The lowest BCUT2D eigenvalue weighted by Crippen LogP contribution is -2.58. The molecule has 34 heavy (non-hydrogen) atoms. The van der Waals surface area contributed by atoms with Crippen molar-refractivity contribution in [2.45, 2.75) is 56.3 Å². The lowest BCUT2D eigenvalue weighted by Gasteiger charge is -2.24. The number of aliphatic carboxylic acids is 2. The van der Waals surface area contributed by atoms with Gasteiger partial charge in [0, 0.05) is 12.8 Å². The molecule has 1 aromatic carbocycles. The van der Waals surface area contributed by atoms with Gasteiger partial charge in [-0.3, -0.25) is 19.2 Å². The van der Waals surface area contributed by atoms with E-state index < -0.39 is 66.9 Å². The fraction of sp³-hybridized carbons (Fsp3) is 0.500. The lowest BCUT2D eigenvalue weighted by molar-refractivity contribution is -0.143. The first-order valence-corrected chi connectivity index (χ1v) is 10.9. The fourth-order valence-corrected chi connectivity index (χ4v) is 3.51. The molecule has 1 saturated heterocycles. The summed E-state index contributed by atoms with van der Waals surface area (Å²) in [6.07, 6.45) is 0.551. The van der Waals surface area contributed by atoms with Crippen molar-refractivity contribution in [3.8, 4) is 0 Å². The van der Waals surface area contributed by atoms with Crippen LogP contribution in [-0.4, -0.2) is 82.3 Å². The first kappa shape index (κ1) is 26.7. The normalized spacial score (nSPS) is 17.7. The zero-order valence-electron chi connectivity index (χ0n) is 18.5. The molecule has 12 heteroatoms. The number of nitrogens with one attached hydrogen (secondary N) is 4. The van der Waals surface area contributed by atoms with E-state index in [1.54, 1.807) is 30.3 Å². The third-order valence-electron chi connectivity index (χ3n) is 5.37. The van der Waals surface area contributed by atoms with Crippen molar-refractivity contribution < 1.29 is 39.3 Å². The number of amides is 3. The number of hydrogen-bond donors (Lipinski definition) is 7. The van der Waals surface area contributed by atoms with E-state index >= 15 is 0 Å². The quantitative estimate of drug-likeness (QED) is 0.174. The van der Waals surface area contributed by atoms with Crippen LogP contribution in [0.15, 0.2) is 30.3 Å². The van der Waals surface area contributed by atoms with E-state index in [4.69, 9.17) is 5.11 Å². The topological polar surface area (TPSA) is 194 Å². The maximum absolute atomic E-state index is 12.8. The third kappa shape index (κ3) is 8.45. The van der Waals surface area contributed by atoms with E-state index in [2.05, 4.69) is 21.3 Å².